The molecule has 7 nitrogen and oxygen atoms in total. The molecule has 11 heteroatoms. The Morgan fingerprint density at radius 2 is 1.86 bits per heavy atom. The van der Waals surface area contributed by atoms with Crippen molar-refractivity contribution in [3.05, 3.63) is 18.2 Å². The van der Waals surface area contributed by atoms with E-state index in [4.69, 9.17) is 4.74 Å². The Morgan fingerprint density at radius 3 is 2.38 bits per heavy atom. The van der Waals surface area contributed by atoms with Gasteiger partial charge in [-0.25, -0.2) is 12.7 Å². The standard InChI is InChI=1S/C18H26F3N3O4S/c1-23(2)29(26,27)16-10-13(8-9-15(16)28-3)22-17(25)11-24(12-18(19,20)21)14-6-4-5-7-14/h8-10,14H,4-7,11-12H2,1-3H3,(H,22,25). The molecule has 0 radical (unpaired) electrons. The molecule has 1 aliphatic rings. The van der Waals surface area contributed by atoms with Crippen molar-refractivity contribution in [2.75, 3.05) is 39.6 Å². The molecule has 0 aromatic heterocycles. The van der Waals surface area contributed by atoms with Gasteiger partial charge in [0.1, 0.15) is 10.6 Å². The molecule has 0 saturated heterocycles. The topological polar surface area (TPSA) is 79.0 Å². The maximum atomic E-state index is 12.9. The number of nitrogens with zero attached hydrogens (tertiary/aromatic N) is 2. The zero-order valence-electron chi connectivity index (χ0n) is 16.6. The number of benzene rings is 1. The fourth-order valence-corrected chi connectivity index (χ4v) is 4.43. The van der Waals surface area contributed by atoms with Crippen LogP contribution in [0.1, 0.15) is 25.7 Å². The Bertz CT molecular complexity index is 822. The number of carbonyl (C=O) groups is 1. The highest BCUT2D eigenvalue weighted by Crippen LogP contribution is 2.30. The lowest BCUT2D eigenvalue weighted by Crippen LogP contribution is -2.44. The molecule has 0 bridgehead atoms. The lowest BCUT2D eigenvalue weighted by molar-refractivity contribution is -0.152. The number of alkyl halides is 3. The average molecular weight is 437 g/mol. The first kappa shape index (κ1) is 23.4. The molecule has 1 saturated carbocycles. The van der Waals surface area contributed by atoms with Crippen molar-refractivity contribution in [2.24, 2.45) is 0 Å². The third-order valence-corrected chi connectivity index (χ3v) is 6.61. The van der Waals surface area contributed by atoms with Gasteiger partial charge >= 0.3 is 6.18 Å². The fourth-order valence-electron chi connectivity index (χ4n) is 3.35. The first-order valence-electron chi connectivity index (χ1n) is 9.15. The molecule has 29 heavy (non-hydrogen) atoms. The van der Waals surface area contributed by atoms with E-state index >= 15 is 0 Å². The van der Waals surface area contributed by atoms with Crippen LogP contribution in [-0.4, -0.2) is 70.0 Å². The van der Waals surface area contributed by atoms with E-state index in [0.717, 1.165) is 22.0 Å². The minimum Gasteiger partial charge on any atom is -0.495 e. The first-order chi connectivity index (χ1) is 13.4. The molecule has 0 unspecified atom stereocenters. The Kier molecular flexibility index (Phi) is 7.52. The van der Waals surface area contributed by atoms with Crippen molar-refractivity contribution in [2.45, 2.75) is 42.8 Å². The second kappa shape index (κ2) is 9.31. The van der Waals surface area contributed by atoms with Crippen LogP contribution in [0.3, 0.4) is 0 Å². The molecule has 0 heterocycles. The summed E-state index contributed by atoms with van der Waals surface area (Å²) in [4.78, 5) is 13.4. The molecule has 1 aliphatic carbocycles. The van der Waals surface area contributed by atoms with Gasteiger partial charge < -0.3 is 10.1 Å². The normalized spacial score (nSPS) is 15.9. The molecular formula is C18H26F3N3O4S. The fraction of sp³-hybridized carbons (Fsp3) is 0.611. The summed E-state index contributed by atoms with van der Waals surface area (Å²) in [5.41, 5.74) is 0.162. The van der Waals surface area contributed by atoms with Gasteiger partial charge in [0.2, 0.25) is 15.9 Å². The molecule has 2 rings (SSSR count). The van der Waals surface area contributed by atoms with Crippen LogP contribution in [0, 0.1) is 0 Å². The summed E-state index contributed by atoms with van der Waals surface area (Å²) in [6.45, 7) is -1.58. The summed E-state index contributed by atoms with van der Waals surface area (Å²) < 4.78 is 69.8. The smallest absolute Gasteiger partial charge is 0.401 e. The van der Waals surface area contributed by atoms with Gasteiger partial charge in [-0.05, 0) is 31.0 Å². The second-order valence-electron chi connectivity index (χ2n) is 7.16. The van der Waals surface area contributed by atoms with Gasteiger partial charge in [-0.1, -0.05) is 12.8 Å². The minimum absolute atomic E-state index is 0.0985. The lowest BCUT2D eigenvalue weighted by Gasteiger charge is -2.29. The van der Waals surface area contributed by atoms with Crippen LogP contribution in [0.15, 0.2) is 23.1 Å². The van der Waals surface area contributed by atoms with Gasteiger partial charge in [0.15, 0.2) is 0 Å². The first-order valence-corrected chi connectivity index (χ1v) is 10.6. The van der Waals surface area contributed by atoms with Gasteiger partial charge in [0.05, 0.1) is 20.2 Å². The summed E-state index contributed by atoms with van der Waals surface area (Å²) in [6.07, 6.45) is -1.49. The molecule has 1 aromatic rings. The summed E-state index contributed by atoms with van der Waals surface area (Å²) >= 11 is 0. The Morgan fingerprint density at radius 1 is 1.24 bits per heavy atom. The number of nitrogens with one attached hydrogen (secondary N) is 1. The van der Waals surface area contributed by atoms with Gasteiger partial charge in [0, 0.05) is 25.8 Å². The van der Waals surface area contributed by atoms with Crippen LogP contribution in [-0.2, 0) is 14.8 Å². The van der Waals surface area contributed by atoms with Crippen molar-refractivity contribution < 1.29 is 31.1 Å². The van der Waals surface area contributed by atoms with Gasteiger partial charge in [-0.15, -0.1) is 0 Å². The van der Waals surface area contributed by atoms with Gasteiger partial charge in [-0.2, -0.15) is 13.2 Å². The predicted octanol–water partition coefficient (Wildman–Crippen LogP) is 2.69. The third kappa shape index (κ3) is 6.31. The summed E-state index contributed by atoms with van der Waals surface area (Å²) in [5, 5.41) is 2.50. The Labute approximate surface area is 168 Å². The molecule has 1 amide bonds. The molecular weight excluding hydrogens is 411 g/mol. The molecule has 164 valence electrons. The van der Waals surface area contributed by atoms with Crippen LogP contribution >= 0.6 is 0 Å². The molecule has 1 aromatic carbocycles. The van der Waals surface area contributed by atoms with Crippen molar-refractivity contribution >= 4 is 21.6 Å². The third-order valence-electron chi connectivity index (χ3n) is 4.78. The van der Waals surface area contributed by atoms with Crippen LogP contribution in [0.25, 0.3) is 0 Å². The van der Waals surface area contributed by atoms with Crippen LogP contribution < -0.4 is 10.1 Å². The number of halogens is 3. The van der Waals surface area contributed by atoms with Crippen LogP contribution in [0.2, 0.25) is 0 Å². The van der Waals surface area contributed by atoms with Crippen molar-refractivity contribution in [3.63, 3.8) is 0 Å². The quantitative estimate of drug-likeness (QED) is 0.677. The van der Waals surface area contributed by atoms with Crippen molar-refractivity contribution in [3.8, 4) is 5.75 Å². The number of carbonyl (C=O) groups excluding carboxylic acids is 1. The summed E-state index contributed by atoms with van der Waals surface area (Å²) in [6, 6.07) is 3.77. The number of methoxy groups -OCH3 is 1. The Balaban J connectivity index is 2.18. The average Bonchev–Trinajstić information content (AvgIpc) is 3.14. The largest absolute Gasteiger partial charge is 0.495 e. The number of sulfonamides is 1. The zero-order valence-corrected chi connectivity index (χ0v) is 17.4. The van der Waals surface area contributed by atoms with Gasteiger partial charge in [0.25, 0.3) is 0 Å². The molecule has 0 atom stereocenters. The molecule has 0 aliphatic heterocycles. The second-order valence-corrected chi connectivity index (χ2v) is 9.28. The summed E-state index contributed by atoms with van der Waals surface area (Å²) in [7, 11) is 0.194. The van der Waals surface area contributed by atoms with Crippen LogP contribution in [0.5, 0.6) is 5.75 Å². The highest BCUT2D eigenvalue weighted by molar-refractivity contribution is 7.89. The zero-order chi connectivity index (χ0) is 21.8. The van der Waals surface area contributed by atoms with E-state index in [9.17, 15) is 26.4 Å². The number of ether oxygens (including phenoxy) is 1. The number of amides is 1. The number of hydrogen-bond acceptors (Lipinski definition) is 5. The van der Waals surface area contributed by atoms with E-state index in [-0.39, 0.29) is 22.4 Å². The Hall–Kier alpha value is -1.85. The van der Waals surface area contributed by atoms with E-state index in [1.807, 2.05) is 0 Å². The van der Waals surface area contributed by atoms with E-state index in [2.05, 4.69) is 5.32 Å². The summed E-state index contributed by atoms with van der Waals surface area (Å²) in [5.74, 6) is -0.541. The highest BCUT2D eigenvalue weighted by Gasteiger charge is 2.35. The number of hydrogen-bond donors (Lipinski definition) is 1. The van der Waals surface area contributed by atoms with Gasteiger partial charge in [-0.3, -0.25) is 9.69 Å². The van der Waals surface area contributed by atoms with Crippen molar-refractivity contribution in [1.82, 2.24) is 9.21 Å². The molecule has 0 spiro atoms. The minimum atomic E-state index is -4.41. The van der Waals surface area contributed by atoms with E-state index in [0.29, 0.717) is 12.8 Å². The van der Waals surface area contributed by atoms with E-state index in [1.54, 1.807) is 0 Å². The maximum Gasteiger partial charge on any atom is 0.401 e. The molecule has 1 fully saturated rings. The monoisotopic (exact) mass is 437 g/mol. The SMILES string of the molecule is COc1ccc(NC(=O)CN(CC(F)(F)F)C2CCCC2)cc1S(=O)(=O)N(C)C. The van der Waals surface area contributed by atoms with Crippen LogP contribution in [0.4, 0.5) is 18.9 Å². The lowest BCUT2D eigenvalue weighted by atomic mass is 10.2. The van der Waals surface area contributed by atoms with E-state index < -0.39 is 35.2 Å². The highest BCUT2D eigenvalue weighted by atomic mass is 32.2. The molecule has 1 N–H and O–H groups in total. The van der Waals surface area contributed by atoms with Crippen molar-refractivity contribution in [1.29, 1.82) is 0 Å². The van der Waals surface area contributed by atoms with E-state index in [1.165, 1.54) is 39.4 Å². The maximum absolute atomic E-state index is 12.9. The predicted molar refractivity (Wildman–Crippen MR) is 102 cm³/mol. The number of anilines is 1. The number of rotatable bonds is 8.